The lowest BCUT2D eigenvalue weighted by Gasteiger charge is -2.13. The molecular formula is C19H20N4OS. The number of allylic oxidation sites excluding steroid dienone is 1. The maximum Gasteiger partial charge on any atom is 0.264 e. The molecule has 0 bridgehead atoms. The average molecular weight is 352 g/mol. The van der Waals surface area contributed by atoms with E-state index in [1.807, 2.05) is 18.2 Å². The van der Waals surface area contributed by atoms with Crippen LogP contribution in [0.2, 0.25) is 0 Å². The van der Waals surface area contributed by atoms with Crippen LogP contribution in [0.4, 0.5) is 5.95 Å². The molecule has 5 nitrogen and oxygen atoms in total. The van der Waals surface area contributed by atoms with Gasteiger partial charge in [0.05, 0.1) is 17.6 Å². The van der Waals surface area contributed by atoms with Gasteiger partial charge in [-0.1, -0.05) is 12.1 Å². The van der Waals surface area contributed by atoms with Crippen molar-refractivity contribution in [1.29, 1.82) is 0 Å². The van der Waals surface area contributed by atoms with Crippen molar-refractivity contribution in [1.82, 2.24) is 14.5 Å². The maximum atomic E-state index is 13.1. The van der Waals surface area contributed by atoms with Crippen LogP contribution in [0.1, 0.15) is 29.0 Å². The number of nitrogens with one attached hydrogen (secondary N) is 1. The van der Waals surface area contributed by atoms with Crippen molar-refractivity contribution in [3.05, 3.63) is 63.5 Å². The molecule has 6 heteroatoms. The molecule has 4 rings (SSSR count). The number of thiophene rings is 1. The molecule has 0 spiro atoms. The SMILES string of the molecule is C=CCn1c(NCc2ccccn2)nc2sc3c(c2c1=O)CCCC3. The highest BCUT2D eigenvalue weighted by Gasteiger charge is 2.21. The van der Waals surface area contributed by atoms with Gasteiger partial charge in [0.25, 0.3) is 5.56 Å². The summed E-state index contributed by atoms with van der Waals surface area (Å²) in [7, 11) is 0. The number of rotatable bonds is 5. The first-order valence-electron chi connectivity index (χ1n) is 8.57. The second-order valence-corrected chi connectivity index (χ2v) is 7.29. The number of anilines is 1. The molecule has 0 atom stereocenters. The van der Waals surface area contributed by atoms with Crippen molar-refractivity contribution < 1.29 is 0 Å². The van der Waals surface area contributed by atoms with E-state index in [0.29, 0.717) is 19.0 Å². The zero-order chi connectivity index (χ0) is 17.2. The molecule has 128 valence electrons. The molecule has 3 heterocycles. The number of hydrogen-bond donors (Lipinski definition) is 1. The fraction of sp³-hybridized carbons (Fsp3) is 0.316. The van der Waals surface area contributed by atoms with E-state index >= 15 is 0 Å². The van der Waals surface area contributed by atoms with Crippen LogP contribution in [0, 0.1) is 0 Å². The second-order valence-electron chi connectivity index (χ2n) is 6.21. The third-order valence-corrected chi connectivity index (χ3v) is 5.73. The molecule has 0 fully saturated rings. The van der Waals surface area contributed by atoms with E-state index in [-0.39, 0.29) is 5.56 Å². The Morgan fingerprint density at radius 2 is 2.20 bits per heavy atom. The van der Waals surface area contributed by atoms with Gasteiger partial charge in [-0.05, 0) is 43.4 Å². The summed E-state index contributed by atoms with van der Waals surface area (Å²) in [5.74, 6) is 0.585. The molecule has 0 aromatic carbocycles. The van der Waals surface area contributed by atoms with Crippen molar-refractivity contribution in [3.63, 3.8) is 0 Å². The summed E-state index contributed by atoms with van der Waals surface area (Å²) in [6, 6.07) is 5.79. The van der Waals surface area contributed by atoms with Gasteiger partial charge in [-0.2, -0.15) is 0 Å². The summed E-state index contributed by atoms with van der Waals surface area (Å²) < 4.78 is 1.68. The number of aromatic nitrogens is 3. The van der Waals surface area contributed by atoms with Crippen LogP contribution in [0.5, 0.6) is 0 Å². The lowest BCUT2D eigenvalue weighted by molar-refractivity contribution is 0.698. The minimum Gasteiger partial charge on any atom is -0.350 e. The molecule has 25 heavy (non-hydrogen) atoms. The van der Waals surface area contributed by atoms with Gasteiger partial charge in [-0.25, -0.2) is 4.98 Å². The molecule has 0 aliphatic heterocycles. The summed E-state index contributed by atoms with van der Waals surface area (Å²) in [6.45, 7) is 4.76. The molecule has 0 amide bonds. The number of nitrogens with zero attached hydrogens (tertiary/aromatic N) is 3. The van der Waals surface area contributed by atoms with E-state index in [2.05, 4.69) is 16.9 Å². The summed E-state index contributed by atoms with van der Waals surface area (Å²) >= 11 is 1.67. The van der Waals surface area contributed by atoms with E-state index in [1.54, 1.807) is 28.2 Å². The molecular weight excluding hydrogens is 332 g/mol. The standard InChI is InChI=1S/C19H20N4OS/c1-2-11-23-18(24)16-14-8-3-4-9-15(14)25-17(16)22-19(23)21-12-13-7-5-6-10-20-13/h2,5-7,10H,1,3-4,8-9,11-12H2,(H,21,22). The number of aryl methyl sites for hydroxylation is 2. The van der Waals surface area contributed by atoms with Crippen LogP contribution in [-0.2, 0) is 25.9 Å². The Hall–Kier alpha value is -2.47. The van der Waals surface area contributed by atoms with Crippen LogP contribution < -0.4 is 10.9 Å². The monoisotopic (exact) mass is 352 g/mol. The minimum absolute atomic E-state index is 0.0350. The largest absolute Gasteiger partial charge is 0.350 e. The van der Waals surface area contributed by atoms with Gasteiger partial charge in [-0.15, -0.1) is 17.9 Å². The van der Waals surface area contributed by atoms with E-state index in [1.165, 1.54) is 16.9 Å². The minimum atomic E-state index is 0.0350. The van der Waals surface area contributed by atoms with Gasteiger partial charge >= 0.3 is 0 Å². The van der Waals surface area contributed by atoms with Gasteiger partial charge in [0.2, 0.25) is 5.95 Å². The molecule has 3 aromatic heterocycles. The van der Waals surface area contributed by atoms with Crippen LogP contribution in [0.25, 0.3) is 10.2 Å². The van der Waals surface area contributed by atoms with E-state index in [9.17, 15) is 4.79 Å². The van der Waals surface area contributed by atoms with Gasteiger partial charge in [0.1, 0.15) is 4.83 Å². The fourth-order valence-corrected chi connectivity index (χ4v) is 4.60. The second kappa shape index (κ2) is 6.80. The quantitative estimate of drug-likeness (QED) is 0.714. The third kappa shape index (κ3) is 2.98. The molecule has 0 unspecified atom stereocenters. The van der Waals surface area contributed by atoms with Gasteiger partial charge in [-0.3, -0.25) is 14.3 Å². The first-order valence-corrected chi connectivity index (χ1v) is 9.39. The highest BCUT2D eigenvalue weighted by atomic mass is 32.1. The Balaban J connectivity index is 1.78. The first-order chi connectivity index (χ1) is 12.3. The average Bonchev–Trinajstić information content (AvgIpc) is 3.02. The predicted octanol–water partition coefficient (Wildman–Crippen LogP) is 3.53. The lowest BCUT2D eigenvalue weighted by atomic mass is 9.97. The maximum absolute atomic E-state index is 13.1. The smallest absolute Gasteiger partial charge is 0.264 e. The van der Waals surface area contributed by atoms with Crippen molar-refractivity contribution in [2.75, 3.05) is 5.32 Å². The van der Waals surface area contributed by atoms with Crippen LogP contribution in [0.15, 0.2) is 41.8 Å². The summed E-state index contributed by atoms with van der Waals surface area (Å²) in [5, 5.41) is 4.09. The molecule has 1 aliphatic rings. The zero-order valence-electron chi connectivity index (χ0n) is 14.0. The van der Waals surface area contributed by atoms with Crippen LogP contribution in [0.3, 0.4) is 0 Å². The molecule has 3 aromatic rings. The van der Waals surface area contributed by atoms with Crippen LogP contribution in [-0.4, -0.2) is 14.5 Å². The van der Waals surface area contributed by atoms with Crippen molar-refractivity contribution in [2.24, 2.45) is 0 Å². The van der Waals surface area contributed by atoms with Gasteiger partial charge in [0, 0.05) is 17.6 Å². The molecule has 0 saturated heterocycles. The number of pyridine rings is 1. The van der Waals surface area contributed by atoms with Crippen LogP contribution >= 0.6 is 11.3 Å². The Kier molecular flexibility index (Phi) is 4.36. The van der Waals surface area contributed by atoms with Gasteiger partial charge in [0.15, 0.2) is 0 Å². The Labute approximate surface area is 150 Å². The van der Waals surface area contributed by atoms with Crippen molar-refractivity contribution >= 4 is 27.5 Å². The zero-order valence-corrected chi connectivity index (χ0v) is 14.8. The molecule has 1 aliphatic carbocycles. The Morgan fingerprint density at radius 1 is 1.32 bits per heavy atom. The highest BCUT2D eigenvalue weighted by Crippen LogP contribution is 2.34. The van der Waals surface area contributed by atoms with E-state index in [4.69, 9.17) is 4.98 Å². The normalized spacial score (nSPS) is 13.6. The molecule has 1 N–H and O–H groups in total. The van der Waals surface area contributed by atoms with E-state index in [0.717, 1.165) is 35.2 Å². The first kappa shape index (κ1) is 16.0. The third-order valence-electron chi connectivity index (χ3n) is 4.54. The fourth-order valence-electron chi connectivity index (χ4n) is 3.34. The molecule has 0 radical (unpaired) electrons. The summed E-state index contributed by atoms with van der Waals surface area (Å²) in [5.41, 5.74) is 2.16. The Bertz CT molecular complexity index is 974. The van der Waals surface area contributed by atoms with E-state index < -0.39 is 0 Å². The Morgan fingerprint density at radius 3 is 3.00 bits per heavy atom. The van der Waals surface area contributed by atoms with Gasteiger partial charge < -0.3 is 5.32 Å². The summed E-state index contributed by atoms with van der Waals surface area (Å²) in [6.07, 6.45) is 7.90. The highest BCUT2D eigenvalue weighted by molar-refractivity contribution is 7.18. The van der Waals surface area contributed by atoms with Crippen molar-refractivity contribution in [2.45, 2.75) is 38.8 Å². The van der Waals surface area contributed by atoms with Crippen molar-refractivity contribution in [3.8, 4) is 0 Å². The molecule has 0 saturated carbocycles. The lowest BCUT2D eigenvalue weighted by Crippen LogP contribution is -2.25. The topological polar surface area (TPSA) is 59.8 Å². The predicted molar refractivity (Wildman–Crippen MR) is 102 cm³/mol. The number of fused-ring (bicyclic) bond motifs is 3. The summed E-state index contributed by atoms with van der Waals surface area (Å²) in [4.78, 5) is 24.4. The number of hydrogen-bond acceptors (Lipinski definition) is 5.